The number of nitrogens with one attached hydrogen (secondary N) is 2. The third kappa shape index (κ3) is 3.36. The Morgan fingerprint density at radius 3 is 2.83 bits per heavy atom. The van der Waals surface area contributed by atoms with E-state index in [0.717, 1.165) is 37.8 Å². The number of anilines is 1. The number of amides is 1. The van der Waals surface area contributed by atoms with Crippen molar-refractivity contribution in [2.45, 2.75) is 0 Å². The zero-order chi connectivity index (χ0) is 19.8. The topological polar surface area (TPSA) is 83.6 Å². The highest BCUT2D eigenvalue weighted by atomic mass is 79.9. The number of H-pyrrole nitrogens is 1. The first-order chi connectivity index (χ1) is 14.2. The third-order valence-corrected chi connectivity index (χ3v) is 5.10. The van der Waals surface area contributed by atoms with Gasteiger partial charge in [0, 0.05) is 34.0 Å². The van der Waals surface area contributed by atoms with E-state index in [1.807, 2.05) is 54.6 Å². The van der Waals surface area contributed by atoms with Crippen molar-refractivity contribution in [3.05, 3.63) is 81.8 Å². The van der Waals surface area contributed by atoms with Crippen LogP contribution < -0.4 is 5.32 Å². The molecule has 4 heterocycles. The van der Waals surface area contributed by atoms with Crippen LogP contribution in [0.2, 0.25) is 0 Å². The third-order valence-electron chi connectivity index (χ3n) is 4.67. The molecule has 1 aliphatic heterocycles. The van der Waals surface area contributed by atoms with Crippen LogP contribution in [0.1, 0.15) is 22.4 Å². The van der Waals surface area contributed by atoms with Crippen LogP contribution in [-0.2, 0) is 4.79 Å². The van der Waals surface area contributed by atoms with E-state index in [1.54, 1.807) is 18.6 Å². The van der Waals surface area contributed by atoms with Gasteiger partial charge in [-0.05, 0) is 63.5 Å². The van der Waals surface area contributed by atoms with E-state index in [-0.39, 0.29) is 5.91 Å². The number of hydrogen-bond acceptors (Lipinski definition) is 4. The van der Waals surface area contributed by atoms with Gasteiger partial charge in [-0.2, -0.15) is 5.10 Å². The molecule has 0 unspecified atom stereocenters. The van der Waals surface area contributed by atoms with Gasteiger partial charge < -0.3 is 5.32 Å². The molecule has 140 valence electrons. The second kappa shape index (κ2) is 7.10. The van der Waals surface area contributed by atoms with E-state index in [2.05, 4.69) is 41.4 Å². The number of pyridine rings is 2. The Kier molecular flexibility index (Phi) is 4.29. The number of carbonyl (C=O) groups is 1. The summed E-state index contributed by atoms with van der Waals surface area (Å²) in [5, 5.41) is 11.3. The van der Waals surface area contributed by atoms with Gasteiger partial charge in [0.2, 0.25) is 0 Å². The van der Waals surface area contributed by atoms with E-state index in [9.17, 15) is 4.79 Å². The predicted octanol–water partition coefficient (Wildman–Crippen LogP) is 4.78. The summed E-state index contributed by atoms with van der Waals surface area (Å²) in [5.41, 5.74) is 5.03. The number of fused-ring (bicyclic) bond motifs is 2. The molecular weight excluding hydrogens is 430 g/mol. The Balaban J connectivity index is 1.49. The van der Waals surface area contributed by atoms with E-state index < -0.39 is 0 Å². The Hall–Kier alpha value is -3.58. The molecule has 0 fully saturated rings. The lowest BCUT2D eigenvalue weighted by Gasteiger charge is -2.00. The van der Waals surface area contributed by atoms with Gasteiger partial charge in [0.15, 0.2) is 0 Å². The first-order valence-corrected chi connectivity index (χ1v) is 9.72. The molecule has 3 aromatic heterocycles. The molecular formula is C22H14BrN5O. The minimum absolute atomic E-state index is 0.157. The Labute approximate surface area is 174 Å². The molecule has 0 saturated heterocycles. The molecule has 1 aromatic carbocycles. The van der Waals surface area contributed by atoms with Crippen molar-refractivity contribution in [3.8, 4) is 0 Å². The standard InChI is InChI=1S/C22H14BrN5O/c23-15-10-17-18(22(29)26-21(17)25-12-15)8-14-3-5-16-19(27-28-20(16)9-14)6-4-13-2-1-7-24-11-13/h1-12H,(H,27,28)(H,25,26,29)/b6-4+,18-8-. The van der Waals surface area contributed by atoms with E-state index in [0.29, 0.717) is 11.4 Å². The van der Waals surface area contributed by atoms with Crippen LogP contribution in [0.5, 0.6) is 0 Å². The molecule has 7 heteroatoms. The Morgan fingerprint density at radius 2 is 1.97 bits per heavy atom. The molecule has 4 aromatic rings. The first-order valence-electron chi connectivity index (χ1n) is 8.92. The second-order valence-corrected chi connectivity index (χ2v) is 7.51. The van der Waals surface area contributed by atoms with Crippen molar-refractivity contribution in [2.24, 2.45) is 0 Å². The highest BCUT2D eigenvalue weighted by Crippen LogP contribution is 2.33. The van der Waals surface area contributed by atoms with Crippen LogP contribution in [0, 0.1) is 0 Å². The fourth-order valence-electron chi connectivity index (χ4n) is 3.28. The van der Waals surface area contributed by atoms with E-state index in [1.165, 1.54) is 0 Å². The van der Waals surface area contributed by atoms with Gasteiger partial charge in [-0.15, -0.1) is 0 Å². The average Bonchev–Trinajstić information content (AvgIpc) is 3.28. The lowest BCUT2D eigenvalue weighted by atomic mass is 10.0. The number of hydrogen-bond donors (Lipinski definition) is 2. The maximum atomic E-state index is 12.4. The molecule has 0 atom stereocenters. The lowest BCUT2D eigenvalue weighted by Crippen LogP contribution is -2.04. The number of aromatic amines is 1. The van der Waals surface area contributed by atoms with Crippen molar-refractivity contribution >= 4 is 62.4 Å². The van der Waals surface area contributed by atoms with E-state index in [4.69, 9.17) is 0 Å². The summed E-state index contributed by atoms with van der Waals surface area (Å²) in [6.45, 7) is 0. The molecule has 1 amide bonds. The summed E-state index contributed by atoms with van der Waals surface area (Å²) in [7, 11) is 0. The minimum Gasteiger partial charge on any atom is -0.306 e. The molecule has 29 heavy (non-hydrogen) atoms. The summed E-state index contributed by atoms with van der Waals surface area (Å²) in [6, 6.07) is 11.7. The number of benzene rings is 1. The number of aromatic nitrogens is 4. The molecule has 6 nitrogen and oxygen atoms in total. The van der Waals surface area contributed by atoms with Crippen LogP contribution >= 0.6 is 15.9 Å². The van der Waals surface area contributed by atoms with Crippen molar-refractivity contribution in [2.75, 3.05) is 5.32 Å². The van der Waals surface area contributed by atoms with E-state index >= 15 is 0 Å². The minimum atomic E-state index is -0.157. The molecule has 1 aliphatic rings. The van der Waals surface area contributed by atoms with Gasteiger partial charge in [0.05, 0.1) is 16.8 Å². The maximum Gasteiger partial charge on any atom is 0.257 e. The molecule has 2 N–H and O–H groups in total. The number of halogens is 1. The normalized spacial score (nSPS) is 14.7. The number of nitrogens with zero attached hydrogens (tertiary/aromatic N) is 3. The summed E-state index contributed by atoms with van der Waals surface area (Å²) in [4.78, 5) is 20.7. The van der Waals surface area contributed by atoms with Gasteiger partial charge in [-0.3, -0.25) is 14.9 Å². The summed E-state index contributed by atoms with van der Waals surface area (Å²) >= 11 is 3.41. The average molecular weight is 444 g/mol. The van der Waals surface area contributed by atoms with Crippen LogP contribution in [0.25, 0.3) is 34.7 Å². The van der Waals surface area contributed by atoms with Gasteiger partial charge >= 0.3 is 0 Å². The second-order valence-electron chi connectivity index (χ2n) is 6.60. The number of carbonyl (C=O) groups excluding carboxylic acids is 1. The molecule has 0 spiro atoms. The summed E-state index contributed by atoms with van der Waals surface area (Å²) in [5.74, 6) is 0.422. The van der Waals surface area contributed by atoms with Crippen molar-refractivity contribution in [3.63, 3.8) is 0 Å². The zero-order valence-corrected chi connectivity index (χ0v) is 16.6. The van der Waals surface area contributed by atoms with Gasteiger partial charge in [-0.25, -0.2) is 4.98 Å². The van der Waals surface area contributed by atoms with Crippen molar-refractivity contribution in [1.29, 1.82) is 0 Å². The number of rotatable bonds is 3. The SMILES string of the molecule is O=C1Nc2ncc(Br)cc2/C1=C/c1ccc2c(/C=C/c3cccnc3)n[nH]c2c1. The summed E-state index contributed by atoms with van der Waals surface area (Å²) in [6.07, 6.45) is 11.0. The largest absolute Gasteiger partial charge is 0.306 e. The fourth-order valence-corrected chi connectivity index (χ4v) is 3.61. The highest BCUT2D eigenvalue weighted by molar-refractivity contribution is 9.10. The quantitative estimate of drug-likeness (QED) is 0.446. The Morgan fingerprint density at radius 1 is 1.03 bits per heavy atom. The molecule has 0 aliphatic carbocycles. The Bertz CT molecular complexity index is 1310. The monoisotopic (exact) mass is 443 g/mol. The van der Waals surface area contributed by atoms with Gasteiger partial charge in [0.1, 0.15) is 5.82 Å². The molecule has 0 radical (unpaired) electrons. The molecule has 0 saturated carbocycles. The van der Waals surface area contributed by atoms with Crippen LogP contribution in [0.4, 0.5) is 5.82 Å². The summed E-state index contributed by atoms with van der Waals surface area (Å²) < 4.78 is 0.827. The smallest absolute Gasteiger partial charge is 0.257 e. The van der Waals surface area contributed by atoms with Crippen LogP contribution in [0.3, 0.4) is 0 Å². The molecule has 5 rings (SSSR count). The van der Waals surface area contributed by atoms with Crippen LogP contribution in [-0.4, -0.2) is 26.1 Å². The van der Waals surface area contributed by atoms with Crippen molar-refractivity contribution in [1.82, 2.24) is 20.2 Å². The van der Waals surface area contributed by atoms with Gasteiger partial charge in [-0.1, -0.05) is 18.2 Å². The first kappa shape index (κ1) is 17.5. The zero-order valence-electron chi connectivity index (χ0n) is 15.1. The van der Waals surface area contributed by atoms with Crippen LogP contribution in [0.15, 0.2) is 59.5 Å². The van der Waals surface area contributed by atoms with Gasteiger partial charge in [0.25, 0.3) is 5.91 Å². The van der Waals surface area contributed by atoms with Crippen molar-refractivity contribution < 1.29 is 4.79 Å². The highest BCUT2D eigenvalue weighted by Gasteiger charge is 2.25. The molecule has 0 bridgehead atoms. The predicted molar refractivity (Wildman–Crippen MR) is 118 cm³/mol. The fraction of sp³-hybridized carbons (Fsp3) is 0. The lowest BCUT2D eigenvalue weighted by molar-refractivity contribution is -0.110. The maximum absolute atomic E-state index is 12.4.